The second-order valence-electron chi connectivity index (χ2n) is 17.7. The van der Waals surface area contributed by atoms with Crippen LogP contribution in [-0.4, -0.2) is 122 Å². The summed E-state index contributed by atoms with van der Waals surface area (Å²) in [4.78, 5) is 94.9. The second-order valence-corrected chi connectivity index (χ2v) is 17.7. The zero-order valence-corrected chi connectivity index (χ0v) is 38.2. The minimum atomic E-state index is -1.32. The first kappa shape index (κ1) is 52.7. The molecule has 15 nitrogen and oxygen atoms in total. The minimum absolute atomic E-state index is 0.0415. The van der Waals surface area contributed by atoms with E-state index in [9.17, 15) is 54.0 Å². The number of unbranched alkanes of at least 4 members (excludes halogenated alkanes) is 12. The Labute approximate surface area is 373 Å². The summed E-state index contributed by atoms with van der Waals surface area (Å²) in [5, 5.41) is 46.9. The Hall–Kier alpha value is -4.63. The van der Waals surface area contributed by atoms with Crippen LogP contribution in [0.2, 0.25) is 0 Å². The first-order valence-corrected chi connectivity index (χ1v) is 23.2. The zero-order chi connectivity index (χ0) is 46.6. The van der Waals surface area contributed by atoms with Crippen molar-refractivity contribution in [1.82, 2.24) is 20.4 Å². The fourth-order valence-corrected chi connectivity index (χ4v) is 8.58. The van der Waals surface area contributed by atoms with Gasteiger partial charge in [-0.3, -0.25) is 28.8 Å². The summed E-state index contributed by atoms with van der Waals surface area (Å²) in [5.41, 5.74) is 1.23. The number of carboxylic acids is 1. The highest BCUT2D eigenvalue weighted by Crippen LogP contribution is 2.37. The number of likely N-dealkylation sites (N-methyl/N-ethyl adjacent to an activating group) is 2. The Bertz CT molecular complexity index is 1740. The molecule has 0 aromatic heterocycles. The Morgan fingerprint density at radius 1 is 0.857 bits per heavy atom. The smallest absolute Gasteiger partial charge is 0.326 e. The summed E-state index contributed by atoms with van der Waals surface area (Å²) in [7, 11) is 2.86. The number of nitrogens with one attached hydrogen (secondary N) is 2. The molecule has 4 bridgehead atoms. The number of carboxylic acid groups (broad SMARTS) is 1. The molecule has 7 atom stereocenters. The lowest BCUT2D eigenvalue weighted by Gasteiger charge is -2.36. The second kappa shape index (κ2) is 26.9. The average molecular weight is 883 g/mol. The zero-order valence-electron chi connectivity index (χ0n) is 38.2. The highest BCUT2D eigenvalue weighted by molar-refractivity contribution is 5.96. The van der Waals surface area contributed by atoms with Gasteiger partial charge in [-0.25, -0.2) is 4.79 Å². The third kappa shape index (κ3) is 16.5. The Kier molecular flexibility index (Phi) is 22.5. The number of hydrogen-bond acceptors (Lipinski definition) is 10. The minimum Gasteiger partial charge on any atom is -0.508 e. The van der Waals surface area contributed by atoms with Gasteiger partial charge in [0.25, 0.3) is 0 Å². The highest BCUT2D eigenvalue weighted by atomic mass is 16.4. The van der Waals surface area contributed by atoms with Crippen molar-refractivity contribution in [3.8, 4) is 0 Å². The van der Waals surface area contributed by atoms with E-state index >= 15 is 0 Å². The van der Waals surface area contributed by atoms with Crippen molar-refractivity contribution in [3.63, 3.8) is 0 Å². The fraction of sp³-hybridized carbons (Fsp3) is 0.688. The first-order chi connectivity index (χ1) is 30.0. The van der Waals surface area contributed by atoms with Crippen molar-refractivity contribution < 1.29 is 54.0 Å². The standard InChI is InChI=1S/C48H74N4O11/c1-6-7-8-9-10-11-12-13-14-15-16-17-18-19-43(58)51(4)38(30-53)47(61)49-32(3)39(54)24-25-44(59)52(5)45-34-21-23-41(56)36(29-34)35-27-33(20-22-40(35)55)28-37(48(62)63)50-46(60)31(2)26-42(45)57/h20-21,23,27,31-32,34,37-38,40,45,53,55-56H,6-19,22,24-26,28-30H2,1-5H3,(H,49,61)(H,50,60)(H,62,63)/t31-,32-,34+,37+,38-,40?,45+/m1/s1. The summed E-state index contributed by atoms with van der Waals surface area (Å²) in [6.07, 6.45) is 19.8. The molecule has 0 fully saturated rings. The van der Waals surface area contributed by atoms with Gasteiger partial charge in [0, 0.05) is 63.6 Å². The predicted octanol–water partition coefficient (Wildman–Crippen LogP) is 5.54. The molecule has 63 heavy (non-hydrogen) atoms. The monoisotopic (exact) mass is 883 g/mol. The molecule has 1 aliphatic heterocycles. The van der Waals surface area contributed by atoms with E-state index in [1.807, 2.05) is 0 Å². The molecule has 15 heteroatoms. The number of amides is 4. The predicted molar refractivity (Wildman–Crippen MR) is 239 cm³/mol. The van der Waals surface area contributed by atoms with Gasteiger partial charge < -0.3 is 40.9 Å². The van der Waals surface area contributed by atoms with Crippen LogP contribution in [0.4, 0.5) is 0 Å². The number of carbonyl (C=O) groups is 7. The van der Waals surface area contributed by atoms with Crippen LogP contribution >= 0.6 is 0 Å². The Balaban J connectivity index is 1.57. The topological polar surface area (TPSA) is 231 Å². The number of ketones is 2. The summed E-state index contributed by atoms with van der Waals surface area (Å²) < 4.78 is 0. The van der Waals surface area contributed by atoms with Crippen LogP contribution in [0.5, 0.6) is 0 Å². The Morgan fingerprint density at radius 2 is 1.46 bits per heavy atom. The van der Waals surface area contributed by atoms with E-state index in [0.29, 0.717) is 23.1 Å². The van der Waals surface area contributed by atoms with E-state index in [4.69, 9.17) is 0 Å². The van der Waals surface area contributed by atoms with Gasteiger partial charge in [0.1, 0.15) is 17.8 Å². The van der Waals surface area contributed by atoms with E-state index in [1.165, 1.54) is 102 Å². The van der Waals surface area contributed by atoms with Crippen molar-refractivity contribution in [3.05, 3.63) is 46.8 Å². The summed E-state index contributed by atoms with van der Waals surface area (Å²) in [6, 6.07) is -4.75. The highest BCUT2D eigenvalue weighted by Gasteiger charge is 2.39. The number of aliphatic hydroxyl groups is 3. The van der Waals surface area contributed by atoms with Crippen LogP contribution in [-0.2, 0) is 33.6 Å². The molecule has 0 spiro atoms. The normalized spacial score (nSPS) is 22.5. The van der Waals surface area contributed by atoms with Gasteiger partial charge in [0.05, 0.1) is 24.8 Å². The van der Waals surface area contributed by atoms with Gasteiger partial charge in [-0.05, 0) is 43.4 Å². The number of nitrogens with zero attached hydrogens (tertiary/aromatic N) is 2. The molecule has 0 saturated carbocycles. The summed E-state index contributed by atoms with van der Waals surface area (Å²) >= 11 is 0. The van der Waals surface area contributed by atoms with Gasteiger partial charge in [-0.2, -0.15) is 0 Å². The average Bonchev–Trinajstić information content (AvgIpc) is 3.24. The van der Waals surface area contributed by atoms with Crippen LogP contribution < -0.4 is 10.6 Å². The van der Waals surface area contributed by atoms with Crippen molar-refractivity contribution in [1.29, 1.82) is 0 Å². The summed E-state index contributed by atoms with van der Waals surface area (Å²) in [6.45, 7) is 4.51. The summed E-state index contributed by atoms with van der Waals surface area (Å²) in [5.74, 6) is -6.30. The maximum atomic E-state index is 14.1. The molecule has 1 heterocycles. The van der Waals surface area contributed by atoms with E-state index in [2.05, 4.69) is 17.6 Å². The molecule has 1 unspecified atom stereocenters. The number of aliphatic hydroxyl groups excluding tert-OH is 3. The molecule has 3 rings (SSSR count). The molecule has 4 amide bonds. The number of fused-ring (bicyclic) bond motifs is 4. The maximum absolute atomic E-state index is 14.1. The Morgan fingerprint density at radius 3 is 2.05 bits per heavy atom. The fourth-order valence-electron chi connectivity index (χ4n) is 8.58. The third-order valence-electron chi connectivity index (χ3n) is 12.7. The number of rotatable bonds is 24. The van der Waals surface area contributed by atoms with Crippen molar-refractivity contribution in [2.45, 2.75) is 179 Å². The number of hydrogen-bond donors (Lipinski definition) is 6. The van der Waals surface area contributed by atoms with Crippen molar-refractivity contribution in [2.24, 2.45) is 11.8 Å². The van der Waals surface area contributed by atoms with Crippen molar-refractivity contribution >= 4 is 41.2 Å². The van der Waals surface area contributed by atoms with E-state index in [0.717, 1.165) is 19.3 Å². The molecule has 352 valence electrons. The molecule has 3 aliphatic rings. The molecule has 6 N–H and O–H groups in total. The van der Waals surface area contributed by atoms with Crippen LogP contribution in [0.15, 0.2) is 46.8 Å². The number of allylic oxidation sites excluding steroid dienone is 2. The van der Waals surface area contributed by atoms with E-state index in [-0.39, 0.29) is 56.6 Å². The molecule has 0 aromatic rings. The van der Waals surface area contributed by atoms with Gasteiger partial charge in [-0.15, -0.1) is 0 Å². The largest absolute Gasteiger partial charge is 0.508 e. The molecular formula is C48H74N4O11. The molecular weight excluding hydrogens is 809 g/mol. The lowest BCUT2D eigenvalue weighted by atomic mass is 9.78. The van der Waals surface area contributed by atoms with E-state index < -0.39 is 84.0 Å². The van der Waals surface area contributed by atoms with Crippen LogP contribution in [0, 0.1) is 11.8 Å². The number of aliphatic carboxylic acids is 1. The van der Waals surface area contributed by atoms with Crippen LogP contribution in [0.1, 0.15) is 149 Å². The number of carbonyl (C=O) groups excluding carboxylic acids is 6. The maximum Gasteiger partial charge on any atom is 0.326 e. The van der Waals surface area contributed by atoms with Gasteiger partial charge in [0.15, 0.2) is 11.6 Å². The first-order valence-electron chi connectivity index (χ1n) is 23.2. The molecule has 2 aliphatic carbocycles. The van der Waals surface area contributed by atoms with E-state index in [1.54, 1.807) is 18.2 Å². The van der Waals surface area contributed by atoms with Crippen molar-refractivity contribution in [2.75, 3.05) is 20.7 Å². The third-order valence-corrected chi connectivity index (χ3v) is 12.7. The lowest BCUT2D eigenvalue weighted by molar-refractivity contribution is -0.143. The molecule has 0 saturated heterocycles. The van der Waals surface area contributed by atoms with Gasteiger partial charge in [0.2, 0.25) is 23.6 Å². The van der Waals surface area contributed by atoms with Gasteiger partial charge >= 0.3 is 5.97 Å². The van der Waals surface area contributed by atoms with Crippen LogP contribution in [0.25, 0.3) is 0 Å². The molecule has 0 radical (unpaired) electrons. The van der Waals surface area contributed by atoms with Gasteiger partial charge in [-0.1, -0.05) is 109 Å². The van der Waals surface area contributed by atoms with Crippen LogP contribution in [0.3, 0.4) is 0 Å². The number of Topliss-reactive ketones (excluding diaryl/α,β-unsaturated/α-hetero) is 2. The lowest BCUT2D eigenvalue weighted by Crippen LogP contribution is -2.53. The SMILES string of the molecule is CCCCCCCCCCCCCCCC(=O)N(C)[C@H](CO)C(=O)N[C@H](C)C(=O)CCC(=O)N(C)[C@@H]1C(=O)C[C@@H](C)C(=O)N[C@H](C(=O)O)CC2=CCC(O)C(=C2)C2=C(O)C=C[C@H]1C2. The quantitative estimate of drug-likeness (QED) is 0.0659. The molecule has 0 aromatic carbocycles.